The van der Waals surface area contributed by atoms with E-state index in [0.717, 1.165) is 38.0 Å². The highest BCUT2D eigenvalue weighted by atomic mass is 16.5. The van der Waals surface area contributed by atoms with Gasteiger partial charge in [-0.25, -0.2) is 0 Å². The van der Waals surface area contributed by atoms with Gasteiger partial charge in [0.2, 0.25) is 0 Å². The van der Waals surface area contributed by atoms with Crippen molar-refractivity contribution in [1.29, 1.82) is 0 Å². The first-order chi connectivity index (χ1) is 15.8. The molecule has 0 unspecified atom stereocenters. The summed E-state index contributed by atoms with van der Waals surface area (Å²) in [6.45, 7) is 5.28. The molecule has 0 saturated heterocycles. The van der Waals surface area contributed by atoms with Crippen LogP contribution in [0.25, 0.3) is 11.1 Å². The molecule has 170 valence electrons. The van der Waals surface area contributed by atoms with E-state index in [1.54, 1.807) is 0 Å². The molecule has 0 bridgehead atoms. The Morgan fingerprint density at radius 1 is 0.594 bits per heavy atom. The second-order valence-corrected chi connectivity index (χ2v) is 8.75. The predicted octanol–water partition coefficient (Wildman–Crippen LogP) is 8.23. The fraction of sp³-hybridized carbons (Fsp3) is 0.433. The molecular formula is C30H39NO. The number of aromatic nitrogens is 1. The molecule has 2 aromatic carbocycles. The first-order valence-corrected chi connectivity index (χ1v) is 12.5. The molecule has 0 aliphatic carbocycles. The third-order valence-electron chi connectivity index (χ3n) is 6.00. The fourth-order valence-corrected chi connectivity index (χ4v) is 3.99. The molecule has 0 radical (unpaired) electrons. The number of nitrogens with zero attached hydrogens (tertiary/aromatic N) is 1. The number of pyridine rings is 1. The van der Waals surface area contributed by atoms with E-state index in [1.165, 1.54) is 66.5 Å². The largest absolute Gasteiger partial charge is 0.494 e. The Hall–Kier alpha value is -2.61. The Bertz CT molecular complexity index is 882. The molecule has 0 saturated carbocycles. The summed E-state index contributed by atoms with van der Waals surface area (Å²) >= 11 is 0. The third-order valence-corrected chi connectivity index (χ3v) is 6.00. The van der Waals surface area contributed by atoms with Gasteiger partial charge in [-0.05, 0) is 66.1 Å². The van der Waals surface area contributed by atoms with E-state index in [1.807, 2.05) is 6.20 Å². The van der Waals surface area contributed by atoms with Gasteiger partial charge < -0.3 is 4.74 Å². The summed E-state index contributed by atoms with van der Waals surface area (Å²) in [5.41, 5.74) is 6.34. The third kappa shape index (κ3) is 8.15. The number of rotatable bonds is 14. The zero-order valence-electron chi connectivity index (χ0n) is 20.0. The minimum atomic E-state index is 0.816. The van der Waals surface area contributed by atoms with Gasteiger partial charge >= 0.3 is 0 Å². The van der Waals surface area contributed by atoms with Crippen molar-refractivity contribution in [2.45, 2.75) is 78.1 Å². The van der Waals surface area contributed by atoms with Crippen molar-refractivity contribution < 1.29 is 4.74 Å². The van der Waals surface area contributed by atoms with Crippen molar-refractivity contribution in [2.75, 3.05) is 6.61 Å². The molecule has 0 aliphatic heterocycles. The van der Waals surface area contributed by atoms with E-state index in [4.69, 9.17) is 4.74 Å². The Morgan fingerprint density at radius 2 is 1.25 bits per heavy atom. The van der Waals surface area contributed by atoms with Crippen LogP contribution in [0.1, 0.15) is 75.6 Å². The van der Waals surface area contributed by atoms with E-state index >= 15 is 0 Å². The standard InChI is InChI=1S/C30H39NO/c1-3-5-6-7-8-9-23-32-30-21-17-28(18-22-30)27-15-11-25(12-16-27)13-19-29-20-14-26(10-4-2)24-31-29/h11-12,14-18,20-22,24H,3-10,13,19,23H2,1-2H3. The predicted molar refractivity (Wildman–Crippen MR) is 136 cm³/mol. The molecule has 2 heteroatoms. The average Bonchev–Trinajstić information content (AvgIpc) is 2.84. The molecule has 3 rings (SSSR count). The number of benzene rings is 2. The summed E-state index contributed by atoms with van der Waals surface area (Å²) in [6, 6.07) is 21.8. The summed E-state index contributed by atoms with van der Waals surface area (Å²) in [4.78, 5) is 4.62. The summed E-state index contributed by atoms with van der Waals surface area (Å²) in [6.07, 6.45) is 14.1. The van der Waals surface area contributed by atoms with Crippen LogP contribution in [0.2, 0.25) is 0 Å². The second-order valence-electron chi connectivity index (χ2n) is 8.75. The first-order valence-electron chi connectivity index (χ1n) is 12.5. The van der Waals surface area contributed by atoms with E-state index in [0.29, 0.717) is 0 Å². The minimum absolute atomic E-state index is 0.816. The highest BCUT2D eigenvalue weighted by molar-refractivity contribution is 5.64. The molecule has 0 spiro atoms. The van der Waals surface area contributed by atoms with E-state index in [9.17, 15) is 0 Å². The van der Waals surface area contributed by atoms with Crippen molar-refractivity contribution in [2.24, 2.45) is 0 Å². The first kappa shape index (κ1) is 24.0. The molecule has 0 atom stereocenters. The van der Waals surface area contributed by atoms with Gasteiger partial charge in [-0.15, -0.1) is 0 Å². The van der Waals surface area contributed by atoms with E-state index < -0.39 is 0 Å². The Morgan fingerprint density at radius 3 is 1.91 bits per heavy atom. The van der Waals surface area contributed by atoms with E-state index in [2.05, 4.69) is 79.5 Å². The Kier molecular flexibility index (Phi) is 10.3. The maximum absolute atomic E-state index is 5.91. The lowest BCUT2D eigenvalue weighted by atomic mass is 10.0. The molecule has 0 aliphatic rings. The van der Waals surface area contributed by atoms with Crippen LogP contribution in [0.3, 0.4) is 0 Å². The maximum Gasteiger partial charge on any atom is 0.119 e. The molecule has 2 nitrogen and oxygen atoms in total. The SMILES string of the molecule is CCCCCCCCOc1ccc(-c2ccc(CCc3ccc(CCC)cn3)cc2)cc1. The van der Waals surface area contributed by atoms with Gasteiger partial charge in [0.1, 0.15) is 5.75 Å². The topological polar surface area (TPSA) is 22.1 Å². The zero-order valence-corrected chi connectivity index (χ0v) is 20.0. The van der Waals surface area contributed by atoms with Gasteiger partial charge in [-0.1, -0.05) is 94.8 Å². The van der Waals surface area contributed by atoms with Crippen LogP contribution in [0, 0.1) is 0 Å². The van der Waals surface area contributed by atoms with Crippen LogP contribution >= 0.6 is 0 Å². The fourth-order valence-electron chi connectivity index (χ4n) is 3.99. The summed E-state index contributed by atoms with van der Waals surface area (Å²) < 4.78 is 5.91. The van der Waals surface area contributed by atoms with Crippen molar-refractivity contribution >= 4 is 0 Å². The van der Waals surface area contributed by atoms with Crippen molar-refractivity contribution in [3.63, 3.8) is 0 Å². The summed E-state index contributed by atoms with van der Waals surface area (Å²) in [5.74, 6) is 0.969. The lowest BCUT2D eigenvalue weighted by Gasteiger charge is -2.08. The van der Waals surface area contributed by atoms with E-state index in [-0.39, 0.29) is 0 Å². The molecule has 3 aromatic rings. The number of hydrogen-bond donors (Lipinski definition) is 0. The molecule has 0 N–H and O–H groups in total. The molecule has 0 fully saturated rings. The van der Waals surface area contributed by atoms with Crippen LogP contribution in [0.15, 0.2) is 66.9 Å². The van der Waals surface area contributed by atoms with Gasteiger partial charge in [-0.3, -0.25) is 4.98 Å². The highest BCUT2D eigenvalue weighted by Gasteiger charge is 2.02. The molecule has 1 heterocycles. The average molecular weight is 430 g/mol. The summed E-state index contributed by atoms with van der Waals surface area (Å²) in [7, 11) is 0. The van der Waals surface area contributed by atoms with Crippen LogP contribution in [-0.2, 0) is 19.3 Å². The van der Waals surface area contributed by atoms with Crippen LogP contribution in [0.5, 0.6) is 5.75 Å². The van der Waals surface area contributed by atoms with Gasteiger partial charge in [0.25, 0.3) is 0 Å². The quantitative estimate of drug-likeness (QED) is 0.241. The second kappa shape index (κ2) is 13.7. The minimum Gasteiger partial charge on any atom is -0.494 e. The molecule has 0 amide bonds. The van der Waals surface area contributed by atoms with Crippen molar-refractivity contribution in [3.05, 3.63) is 83.7 Å². The van der Waals surface area contributed by atoms with Gasteiger partial charge in [0.15, 0.2) is 0 Å². The highest BCUT2D eigenvalue weighted by Crippen LogP contribution is 2.23. The van der Waals surface area contributed by atoms with Crippen LogP contribution in [0.4, 0.5) is 0 Å². The lowest BCUT2D eigenvalue weighted by Crippen LogP contribution is -1.97. The maximum atomic E-state index is 5.91. The normalized spacial score (nSPS) is 10.9. The monoisotopic (exact) mass is 429 g/mol. The smallest absolute Gasteiger partial charge is 0.119 e. The number of ether oxygens (including phenoxy) is 1. The van der Waals surface area contributed by atoms with Crippen molar-refractivity contribution in [3.8, 4) is 16.9 Å². The number of unbranched alkanes of at least 4 members (excludes halogenated alkanes) is 5. The molecule has 32 heavy (non-hydrogen) atoms. The van der Waals surface area contributed by atoms with Crippen LogP contribution < -0.4 is 4.74 Å². The lowest BCUT2D eigenvalue weighted by molar-refractivity contribution is 0.304. The number of aryl methyl sites for hydroxylation is 3. The Balaban J connectivity index is 1.43. The molecular weight excluding hydrogens is 390 g/mol. The van der Waals surface area contributed by atoms with Crippen LogP contribution in [-0.4, -0.2) is 11.6 Å². The summed E-state index contributed by atoms with van der Waals surface area (Å²) in [5, 5.41) is 0. The number of hydrogen-bond acceptors (Lipinski definition) is 2. The Labute approximate surface area is 195 Å². The molecule has 1 aromatic heterocycles. The van der Waals surface area contributed by atoms with Gasteiger partial charge in [0.05, 0.1) is 6.61 Å². The van der Waals surface area contributed by atoms with Gasteiger partial charge in [-0.2, -0.15) is 0 Å². The van der Waals surface area contributed by atoms with Crippen molar-refractivity contribution in [1.82, 2.24) is 4.98 Å². The zero-order chi connectivity index (χ0) is 22.4. The van der Waals surface area contributed by atoms with Gasteiger partial charge in [0, 0.05) is 11.9 Å².